The smallest absolute Gasteiger partial charge is 0.207 e. The molecule has 0 saturated carbocycles. The van der Waals surface area contributed by atoms with Gasteiger partial charge in [0.2, 0.25) is 5.79 Å². The average Bonchev–Trinajstić information content (AvgIpc) is 2.33. The van der Waals surface area contributed by atoms with Gasteiger partial charge in [0, 0.05) is 19.8 Å². The highest BCUT2D eigenvalue weighted by Gasteiger charge is 2.30. The van der Waals surface area contributed by atoms with Crippen LogP contribution >= 0.6 is 0 Å². The van der Waals surface area contributed by atoms with Crippen LogP contribution in [0, 0.1) is 0 Å². The van der Waals surface area contributed by atoms with Gasteiger partial charge in [0.15, 0.2) is 0 Å². The first kappa shape index (κ1) is 13.2. The normalized spacial score (nSPS) is 12.1. The molecular formula is C13H21NO2. The van der Waals surface area contributed by atoms with E-state index in [-0.39, 0.29) is 0 Å². The summed E-state index contributed by atoms with van der Waals surface area (Å²) in [5, 5.41) is 0. The van der Waals surface area contributed by atoms with Crippen LogP contribution in [0.4, 0.5) is 0 Å². The summed E-state index contributed by atoms with van der Waals surface area (Å²) >= 11 is 0. The molecule has 0 saturated heterocycles. The lowest BCUT2D eigenvalue weighted by Gasteiger charge is -2.30. The summed E-state index contributed by atoms with van der Waals surface area (Å²) < 4.78 is 10.8. The number of hydrogen-bond donors (Lipinski definition) is 1. The molecule has 0 fully saturated rings. The summed E-state index contributed by atoms with van der Waals surface area (Å²) in [5.41, 5.74) is 7.95. The summed E-state index contributed by atoms with van der Waals surface area (Å²) in [6, 6.07) is 8.19. The fourth-order valence-electron chi connectivity index (χ4n) is 1.73. The van der Waals surface area contributed by atoms with Crippen molar-refractivity contribution >= 4 is 0 Å². The first-order valence-corrected chi connectivity index (χ1v) is 5.50. The zero-order valence-electron chi connectivity index (χ0n) is 10.5. The van der Waals surface area contributed by atoms with Crippen LogP contribution in [0.25, 0.3) is 0 Å². The van der Waals surface area contributed by atoms with Crippen LogP contribution in [-0.2, 0) is 15.3 Å². The Morgan fingerprint density at radius 2 is 1.62 bits per heavy atom. The Labute approximate surface area is 97.6 Å². The monoisotopic (exact) mass is 223 g/mol. The molecule has 1 aromatic carbocycles. The highest BCUT2D eigenvalue weighted by atomic mass is 16.7. The zero-order chi connectivity index (χ0) is 12.2. The van der Waals surface area contributed by atoms with E-state index in [0.717, 1.165) is 5.56 Å². The predicted molar refractivity (Wildman–Crippen MR) is 65.3 cm³/mol. The van der Waals surface area contributed by atoms with Crippen molar-refractivity contribution in [1.82, 2.24) is 0 Å². The van der Waals surface area contributed by atoms with Gasteiger partial charge in [-0.3, -0.25) is 0 Å². The number of ether oxygens (including phenoxy) is 2. The minimum Gasteiger partial charge on any atom is -0.348 e. The fourth-order valence-corrected chi connectivity index (χ4v) is 1.73. The summed E-state index contributed by atoms with van der Waals surface area (Å²) in [6.45, 7) is 4.62. The highest BCUT2D eigenvalue weighted by molar-refractivity contribution is 5.28. The molecule has 1 rings (SSSR count). The number of methoxy groups -OCH3 is 2. The molecular weight excluding hydrogens is 202 g/mol. The van der Waals surface area contributed by atoms with Gasteiger partial charge in [0.05, 0.1) is 6.54 Å². The Bertz CT molecular complexity index is 307. The van der Waals surface area contributed by atoms with Gasteiger partial charge in [-0.05, 0) is 11.5 Å². The largest absolute Gasteiger partial charge is 0.348 e. The molecule has 90 valence electrons. The van der Waals surface area contributed by atoms with Crippen LogP contribution in [-0.4, -0.2) is 20.8 Å². The summed E-state index contributed by atoms with van der Waals surface area (Å²) in [4.78, 5) is 0. The van der Waals surface area contributed by atoms with Crippen molar-refractivity contribution in [3.05, 3.63) is 35.4 Å². The molecule has 2 N–H and O–H groups in total. The number of benzene rings is 1. The molecule has 0 aromatic heterocycles. The van der Waals surface area contributed by atoms with E-state index in [1.165, 1.54) is 5.56 Å². The molecule has 0 amide bonds. The van der Waals surface area contributed by atoms with Gasteiger partial charge < -0.3 is 15.2 Å². The van der Waals surface area contributed by atoms with Gasteiger partial charge in [-0.1, -0.05) is 38.1 Å². The van der Waals surface area contributed by atoms with E-state index >= 15 is 0 Å². The van der Waals surface area contributed by atoms with E-state index in [2.05, 4.69) is 26.0 Å². The highest BCUT2D eigenvalue weighted by Crippen LogP contribution is 2.26. The van der Waals surface area contributed by atoms with E-state index in [0.29, 0.717) is 12.5 Å². The topological polar surface area (TPSA) is 44.5 Å². The van der Waals surface area contributed by atoms with E-state index in [1.54, 1.807) is 14.2 Å². The van der Waals surface area contributed by atoms with Crippen molar-refractivity contribution in [3.8, 4) is 0 Å². The van der Waals surface area contributed by atoms with Gasteiger partial charge in [-0.15, -0.1) is 0 Å². The second-order valence-electron chi connectivity index (χ2n) is 4.14. The van der Waals surface area contributed by atoms with Crippen LogP contribution in [0.3, 0.4) is 0 Å². The quantitative estimate of drug-likeness (QED) is 0.778. The predicted octanol–water partition coefficient (Wildman–Crippen LogP) is 2.21. The van der Waals surface area contributed by atoms with Crippen molar-refractivity contribution < 1.29 is 9.47 Å². The average molecular weight is 223 g/mol. The molecule has 0 aliphatic carbocycles. The van der Waals surface area contributed by atoms with Crippen molar-refractivity contribution in [3.63, 3.8) is 0 Å². The Balaban J connectivity index is 3.03. The van der Waals surface area contributed by atoms with E-state index < -0.39 is 5.79 Å². The summed E-state index contributed by atoms with van der Waals surface area (Å²) in [5.74, 6) is -0.304. The van der Waals surface area contributed by atoms with Crippen molar-refractivity contribution in [2.75, 3.05) is 20.8 Å². The van der Waals surface area contributed by atoms with Crippen molar-refractivity contribution in [2.24, 2.45) is 5.73 Å². The molecule has 16 heavy (non-hydrogen) atoms. The van der Waals surface area contributed by atoms with Gasteiger partial charge in [0.25, 0.3) is 0 Å². The minimum atomic E-state index is -0.824. The third-order valence-corrected chi connectivity index (χ3v) is 2.95. The number of hydrogen-bond acceptors (Lipinski definition) is 3. The van der Waals surface area contributed by atoms with Gasteiger partial charge in [0.1, 0.15) is 0 Å². The molecule has 3 heteroatoms. The van der Waals surface area contributed by atoms with Crippen molar-refractivity contribution in [2.45, 2.75) is 25.6 Å². The lowest BCUT2D eigenvalue weighted by Crippen LogP contribution is -2.38. The third kappa shape index (κ3) is 2.43. The lowest BCUT2D eigenvalue weighted by molar-refractivity contribution is -0.207. The van der Waals surface area contributed by atoms with Gasteiger partial charge in [-0.25, -0.2) is 0 Å². The third-order valence-electron chi connectivity index (χ3n) is 2.95. The molecule has 0 bridgehead atoms. The SMILES string of the molecule is COC(CN)(OC)c1ccc(C(C)C)cc1. The second kappa shape index (κ2) is 5.43. The Morgan fingerprint density at radius 1 is 1.12 bits per heavy atom. The molecule has 0 aliphatic heterocycles. The first-order chi connectivity index (χ1) is 7.59. The molecule has 0 unspecified atom stereocenters. The Hall–Kier alpha value is -0.900. The Morgan fingerprint density at radius 3 is 1.94 bits per heavy atom. The number of rotatable bonds is 5. The van der Waals surface area contributed by atoms with E-state index in [1.807, 2.05) is 12.1 Å². The molecule has 3 nitrogen and oxygen atoms in total. The molecule has 1 aromatic rings. The maximum atomic E-state index is 5.71. The molecule has 0 spiro atoms. The zero-order valence-corrected chi connectivity index (χ0v) is 10.5. The van der Waals surface area contributed by atoms with Gasteiger partial charge in [-0.2, -0.15) is 0 Å². The lowest BCUT2D eigenvalue weighted by atomic mass is 9.98. The van der Waals surface area contributed by atoms with Crippen LogP contribution in [0.15, 0.2) is 24.3 Å². The fraction of sp³-hybridized carbons (Fsp3) is 0.538. The maximum absolute atomic E-state index is 5.71. The summed E-state index contributed by atoms with van der Waals surface area (Å²) in [6.07, 6.45) is 0. The van der Waals surface area contributed by atoms with E-state index in [4.69, 9.17) is 15.2 Å². The molecule has 0 atom stereocenters. The van der Waals surface area contributed by atoms with Crippen LogP contribution in [0.2, 0.25) is 0 Å². The van der Waals surface area contributed by atoms with Crippen molar-refractivity contribution in [1.29, 1.82) is 0 Å². The first-order valence-electron chi connectivity index (χ1n) is 5.50. The molecule has 0 heterocycles. The molecule has 0 radical (unpaired) electrons. The summed E-state index contributed by atoms with van der Waals surface area (Å²) in [7, 11) is 3.21. The number of nitrogens with two attached hydrogens (primary N) is 1. The van der Waals surface area contributed by atoms with E-state index in [9.17, 15) is 0 Å². The van der Waals surface area contributed by atoms with Crippen LogP contribution in [0.5, 0.6) is 0 Å². The van der Waals surface area contributed by atoms with Crippen LogP contribution in [0.1, 0.15) is 30.9 Å². The van der Waals surface area contributed by atoms with Crippen LogP contribution < -0.4 is 5.73 Å². The van der Waals surface area contributed by atoms with Gasteiger partial charge >= 0.3 is 0 Å². The standard InChI is InChI=1S/C13H21NO2/c1-10(2)11-5-7-12(8-6-11)13(9-14,15-3)16-4/h5-8,10H,9,14H2,1-4H3. The minimum absolute atomic E-state index is 0.293. The second-order valence-corrected chi connectivity index (χ2v) is 4.14. The molecule has 0 aliphatic rings. The Kier molecular flexibility index (Phi) is 4.47. The maximum Gasteiger partial charge on any atom is 0.207 e.